The van der Waals surface area contributed by atoms with Crippen molar-refractivity contribution >= 4 is 17.5 Å². The molecule has 1 aromatic heterocycles. The van der Waals surface area contributed by atoms with Gasteiger partial charge in [0.25, 0.3) is 11.8 Å². The molecule has 3 rings (SSSR count). The normalized spacial score (nSPS) is 13.8. The molecule has 2 aromatic rings. The molecule has 1 saturated carbocycles. The summed E-state index contributed by atoms with van der Waals surface area (Å²) in [4.78, 5) is 23.5. The van der Waals surface area contributed by atoms with Crippen LogP contribution in [0, 0.1) is 0 Å². The zero-order valence-electron chi connectivity index (χ0n) is 11.6. The molecule has 0 bridgehead atoms. The van der Waals surface area contributed by atoms with Crippen molar-refractivity contribution in [1.82, 2.24) is 15.5 Å². The third kappa shape index (κ3) is 2.94. The van der Waals surface area contributed by atoms with Crippen LogP contribution in [0.25, 0.3) is 0 Å². The second-order valence-electron chi connectivity index (χ2n) is 5.09. The number of hydrogen-bond donors (Lipinski definition) is 3. The SMILES string of the molecule is CNC(=O)c1ccc(NC(=O)c2cc(C3CC3)[nH]n2)cc1. The molecular weight excluding hydrogens is 268 g/mol. The zero-order chi connectivity index (χ0) is 14.8. The second kappa shape index (κ2) is 5.40. The molecule has 1 aromatic carbocycles. The van der Waals surface area contributed by atoms with Crippen LogP contribution < -0.4 is 10.6 Å². The number of anilines is 1. The average Bonchev–Trinajstić information content (AvgIpc) is 3.24. The maximum atomic E-state index is 12.1. The summed E-state index contributed by atoms with van der Waals surface area (Å²) < 4.78 is 0. The number of H-pyrrole nitrogens is 1. The predicted molar refractivity (Wildman–Crippen MR) is 78.3 cm³/mol. The first-order valence-corrected chi connectivity index (χ1v) is 6.86. The number of carbonyl (C=O) groups excluding carboxylic acids is 2. The Kier molecular flexibility index (Phi) is 3.43. The van der Waals surface area contributed by atoms with Gasteiger partial charge in [0.15, 0.2) is 5.69 Å². The van der Waals surface area contributed by atoms with Gasteiger partial charge in [-0.15, -0.1) is 0 Å². The van der Waals surface area contributed by atoms with Gasteiger partial charge < -0.3 is 10.6 Å². The zero-order valence-corrected chi connectivity index (χ0v) is 11.6. The van der Waals surface area contributed by atoms with Gasteiger partial charge in [-0.1, -0.05) is 0 Å². The number of carbonyl (C=O) groups is 2. The number of amides is 2. The summed E-state index contributed by atoms with van der Waals surface area (Å²) >= 11 is 0. The molecule has 0 saturated heterocycles. The third-order valence-corrected chi connectivity index (χ3v) is 3.48. The molecular formula is C15H16N4O2. The maximum absolute atomic E-state index is 12.1. The minimum absolute atomic E-state index is 0.158. The molecule has 6 nitrogen and oxygen atoms in total. The van der Waals surface area contributed by atoms with Crippen molar-refractivity contribution in [1.29, 1.82) is 0 Å². The fourth-order valence-corrected chi connectivity index (χ4v) is 2.10. The van der Waals surface area contributed by atoms with Crippen LogP contribution in [0.3, 0.4) is 0 Å². The van der Waals surface area contributed by atoms with Crippen LogP contribution in [-0.2, 0) is 0 Å². The van der Waals surface area contributed by atoms with Crippen LogP contribution in [0.15, 0.2) is 30.3 Å². The molecule has 1 fully saturated rings. The van der Waals surface area contributed by atoms with E-state index in [1.165, 1.54) is 0 Å². The number of nitrogens with one attached hydrogen (secondary N) is 3. The van der Waals surface area contributed by atoms with E-state index in [0.29, 0.717) is 22.9 Å². The monoisotopic (exact) mass is 284 g/mol. The summed E-state index contributed by atoms with van der Waals surface area (Å²) in [6, 6.07) is 8.50. The largest absolute Gasteiger partial charge is 0.355 e. The van der Waals surface area contributed by atoms with Crippen molar-refractivity contribution in [2.24, 2.45) is 0 Å². The summed E-state index contributed by atoms with van der Waals surface area (Å²) in [5.74, 6) is 0.117. The van der Waals surface area contributed by atoms with Gasteiger partial charge in [0.1, 0.15) is 0 Å². The van der Waals surface area contributed by atoms with Gasteiger partial charge in [-0.25, -0.2) is 0 Å². The quantitative estimate of drug-likeness (QED) is 0.801. The average molecular weight is 284 g/mol. The molecule has 1 heterocycles. The highest BCUT2D eigenvalue weighted by molar-refractivity contribution is 6.03. The number of nitrogens with zero attached hydrogens (tertiary/aromatic N) is 1. The number of benzene rings is 1. The molecule has 3 N–H and O–H groups in total. The fourth-order valence-electron chi connectivity index (χ4n) is 2.10. The highest BCUT2D eigenvalue weighted by Crippen LogP contribution is 2.39. The first kappa shape index (κ1) is 13.4. The predicted octanol–water partition coefficient (Wildman–Crippen LogP) is 1.90. The van der Waals surface area contributed by atoms with Crippen LogP contribution in [0.4, 0.5) is 5.69 Å². The van der Waals surface area contributed by atoms with Crippen LogP contribution in [0.1, 0.15) is 45.3 Å². The molecule has 1 aliphatic carbocycles. The lowest BCUT2D eigenvalue weighted by Crippen LogP contribution is -2.18. The molecule has 0 aliphatic heterocycles. The first-order chi connectivity index (χ1) is 10.2. The Bertz CT molecular complexity index is 671. The number of hydrogen-bond acceptors (Lipinski definition) is 3. The van der Waals surface area contributed by atoms with Crippen LogP contribution in [0.2, 0.25) is 0 Å². The molecule has 0 radical (unpaired) electrons. The van der Waals surface area contributed by atoms with Gasteiger partial charge in [-0.05, 0) is 43.2 Å². The van der Waals surface area contributed by atoms with E-state index in [-0.39, 0.29) is 11.8 Å². The van der Waals surface area contributed by atoms with E-state index in [1.807, 2.05) is 0 Å². The minimum atomic E-state index is -0.258. The lowest BCUT2D eigenvalue weighted by atomic mass is 10.2. The first-order valence-electron chi connectivity index (χ1n) is 6.86. The summed E-state index contributed by atoms with van der Waals surface area (Å²) in [6.07, 6.45) is 2.31. The molecule has 1 aliphatic rings. The van der Waals surface area contributed by atoms with E-state index in [1.54, 1.807) is 37.4 Å². The van der Waals surface area contributed by atoms with Crippen molar-refractivity contribution in [3.63, 3.8) is 0 Å². The van der Waals surface area contributed by atoms with E-state index >= 15 is 0 Å². The number of rotatable bonds is 4. The Labute approximate surface area is 121 Å². The Morgan fingerprint density at radius 1 is 1.19 bits per heavy atom. The lowest BCUT2D eigenvalue weighted by molar-refractivity contribution is 0.0962. The maximum Gasteiger partial charge on any atom is 0.276 e. The topological polar surface area (TPSA) is 86.9 Å². The standard InChI is InChI=1S/C15H16N4O2/c1-16-14(20)10-4-6-11(7-5-10)17-15(21)13-8-12(18-19-13)9-2-3-9/h4-9H,2-3H2,1H3,(H,16,20)(H,17,21)(H,18,19). The summed E-state index contributed by atoms with van der Waals surface area (Å²) in [6.45, 7) is 0. The van der Waals surface area contributed by atoms with Crippen LogP contribution in [0.5, 0.6) is 0 Å². The van der Waals surface area contributed by atoms with E-state index in [9.17, 15) is 9.59 Å². The summed E-state index contributed by atoms with van der Waals surface area (Å²) in [5.41, 5.74) is 2.58. The Balaban J connectivity index is 1.67. The van der Waals surface area contributed by atoms with Gasteiger partial charge in [-0.2, -0.15) is 5.10 Å². The second-order valence-corrected chi connectivity index (χ2v) is 5.09. The molecule has 0 atom stereocenters. The molecule has 21 heavy (non-hydrogen) atoms. The molecule has 0 unspecified atom stereocenters. The van der Waals surface area contributed by atoms with Gasteiger partial charge in [0, 0.05) is 29.9 Å². The highest BCUT2D eigenvalue weighted by atomic mass is 16.2. The van der Waals surface area contributed by atoms with Crippen LogP contribution in [-0.4, -0.2) is 29.1 Å². The molecule has 108 valence electrons. The van der Waals surface area contributed by atoms with Gasteiger partial charge in [0.2, 0.25) is 0 Å². The smallest absolute Gasteiger partial charge is 0.276 e. The van der Waals surface area contributed by atoms with Gasteiger partial charge in [0.05, 0.1) is 0 Å². The van der Waals surface area contributed by atoms with E-state index < -0.39 is 0 Å². The number of aromatic amines is 1. The Morgan fingerprint density at radius 3 is 2.52 bits per heavy atom. The van der Waals surface area contributed by atoms with E-state index in [2.05, 4.69) is 20.8 Å². The van der Waals surface area contributed by atoms with Gasteiger partial charge in [-0.3, -0.25) is 14.7 Å². The van der Waals surface area contributed by atoms with Crippen molar-refractivity contribution < 1.29 is 9.59 Å². The third-order valence-electron chi connectivity index (χ3n) is 3.48. The van der Waals surface area contributed by atoms with Crippen molar-refractivity contribution in [2.75, 3.05) is 12.4 Å². The van der Waals surface area contributed by atoms with Crippen molar-refractivity contribution in [2.45, 2.75) is 18.8 Å². The highest BCUT2D eigenvalue weighted by Gasteiger charge is 2.26. The Hall–Kier alpha value is -2.63. The molecule has 2 amide bonds. The summed E-state index contributed by atoms with van der Waals surface area (Å²) in [5, 5.41) is 12.2. The van der Waals surface area contributed by atoms with Crippen molar-refractivity contribution in [3.8, 4) is 0 Å². The van der Waals surface area contributed by atoms with Gasteiger partial charge >= 0.3 is 0 Å². The Morgan fingerprint density at radius 2 is 1.90 bits per heavy atom. The number of aromatic nitrogens is 2. The van der Waals surface area contributed by atoms with Crippen LogP contribution >= 0.6 is 0 Å². The molecule has 6 heteroatoms. The summed E-state index contributed by atoms with van der Waals surface area (Å²) in [7, 11) is 1.58. The van der Waals surface area contributed by atoms with Crippen molar-refractivity contribution in [3.05, 3.63) is 47.3 Å². The fraction of sp³-hybridized carbons (Fsp3) is 0.267. The lowest BCUT2D eigenvalue weighted by Gasteiger charge is -2.04. The van der Waals surface area contributed by atoms with E-state index in [4.69, 9.17) is 0 Å². The minimum Gasteiger partial charge on any atom is -0.355 e. The molecule has 0 spiro atoms. The van der Waals surface area contributed by atoms with E-state index in [0.717, 1.165) is 18.5 Å².